The standard InChI is InChI=1S/C28H23F4N4O3P/c1-35-21-12-20(24-17(26(35)37)3-2-4-22(24)39-27(29)30)36-19-11-15(5-7-18(19)34-25(21)36)16-6-8-23(33-13-16)40(38)10-9-28(31,32)14-40/h2-8,11,13,20-21,27H,9-10,12,14H2,1H3/t20-,21-,40?/m1/s1. The van der Waals surface area contributed by atoms with Gasteiger partial charge in [-0.1, -0.05) is 18.2 Å². The Morgan fingerprint density at radius 2 is 1.90 bits per heavy atom. The Kier molecular flexibility index (Phi) is 5.45. The van der Waals surface area contributed by atoms with Crippen molar-refractivity contribution in [3.63, 3.8) is 0 Å². The zero-order chi connectivity index (χ0) is 28.0. The predicted octanol–water partition coefficient (Wildman–Crippen LogP) is 5.85. The van der Waals surface area contributed by atoms with Crippen LogP contribution in [-0.2, 0) is 4.57 Å². The Morgan fingerprint density at radius 1 is 1.10 bits per heavy atom. The molecule has 0 radical (unpaired) electrons. The molecule has 2 bridgehead atoms. The Hall–Kier alpha value is -3.72. The van der Waals surface area contributed by atoms with Crippen LogP contribution >= 0.6 is 7.14 Å². The number of aromatic nitrogens is 3. The molecule has 0 aliphatic carbocycles. The third-order valence-electron chi connectivity index (χ3n) is 8.23. The van der Waals surface area contributed by atoms with Crippen LogP contribution in [-0.4, -0.2) is 57.2 Å². The number of hydrogen-bond acceptors (Lipinski definition) is 5. The van der Waals surface area contributed by atoms with Gasteiger partial charge in [0, 0.05) is 48.9 Å². The van der Waals surface area contributed by atoms with E-state index in [1.54, 1.807) is 30.1 Å². The molecular weight excluding hydrogens is 547 g/mol. The van der Waals surface area contributed by atoms with Gasteiger partial charge in [-0.15, -0.1) is 0 Å². The lowest BCUT2D eigenvalue weighted by Crippen LogP contribution is -2.30. The quantitative estimate of drug-likeness (QED) is 0.227. The largest absolute Gasteiger partial charge is 0.434 e. The Balaban J connectivity index is 1.32. The van der Waals surface area contributed by atoms with E-state index in [1.165, 1.54) is 18.3 Å². The van der Waals surface area contributed by atoms with E-state index < -0.39 is 38.3 Å². The Labute approximate surface area is 226 Å². The molecule has 0 N–H and O–H groups in total. The fraction of sp³-hybridized carbons (Fsp3) is 0.321. The highest BCUT2D eigenvalue weighted by Crippen LogP contribution is 2.56. The van der Waals surface area contributed by atoms with Crippen molar-refractivity contribution in [3.05, 3.63) is 71.7 Å². The van der Waals surface area contributed by atoms with Crippen LogP contribution in [0.4, 0.5) is 17.6 Å². The maximum absolute atomic E-state index is 13.8. The fourth-order valence-electron chi connectivity index (χ4n) is 6.33. The summed E-state index contributed by atoms with van der Waals surface area (Å²) in [5.74, 6) is -2.61. The van der Waals surface area contributed by atoms with Gasteiger partial charge in [-0.25, -0.2) is 13.8 Å². The second-order valence-corrected chi connectivity index (χ2v) is 13.6. The summed E-state index contributed by atoms with van der Waals surface area (Å²) >= 11 is 0. The smallest absolute Gasteiger partial charge is 0.387 e. The van der Waals surface area contributed by atoms with Crippen molar-refractivity contribution in [1.29, 1.82) is 0 Å². The summed E-state index contributed by atoms with van der Waals surface area (Å²) in [5, 5.41) is 0. The minimum absolute atomic E-state index is 0.0436. The van der Waals surface area contributed by atoms with E-state index in [1.807, 2.05) is 22.8 Å². The number of amides is 1. The monoisotopic (exact) mass is 570 g/mol. The van der Waals surface area contributed by atoms with E-state index in [-0.39, 0.29) is 29.3 Å². The van der Waals surface area contributed by atoms with Crippen LogP contribution < -0.4 is 10.2 Å². The van der Waals surface area contributed by atoms with Crippen LogP contribution in [0.1, 0.15) is 46.7 Å². The lowest BCUT2D eigenvalue weighted by molar-refractivity contribution is -0.0507. The predicted molar refractivity (Wildman–Crippen MR) is 140 cm³/mol. The number of rotatable bonds is 4. The van der Waals surface area contributed by atoms with Gasteiger partial charge >= 0.3 is 6.61 Å². The number of nitrogens with zero attached hydrogens (tertiary/aromatic N) is 4. The van der Waals surface area contributed by atoms with Crippen molar-refractivity contribution in [3.8, 4) is 16.9 Å². The highest BCUT2D eigenvalue weighted by Gasteiger charge is 2.48. The highest BCUT2D eigenvalue weighted by molar-refractivity contribution is 7.71. The molecule has 1 saturated heterocycles. The fourth-order valence-corrected chi connectivity index (χ4v) is 9.09. The van der Waals surface area contributed by atoms with Gasteiger partial charge in [0.25, 0.3) is 11.8 Å². The van der Waals surface area contributed by atoms with Crippen LogP contribution in [0.3, 0.4) is 0 Å². The van der Waals surface area contributed by atoms with Crippen molar-refractivity contribution in [2.45, 2.75) is 37.5 Å². The van der Waals surface area contributed by atoms with Gasteiger partial charge in [0.05, 0.1) is 29.3 Å². The van der Waals surface area contributed by atoms with Gasteiger partial charge in [-0.05, 0) is 35.9 Å². The van der Waals surface area contributed by atoms with E-state index >= 15 is 0 Å². The van der Waals surface area contributed by atoms with Crippen molar-refractivity contribution in [2.75, 3.05) is 19.4 Å². The SMILES string of the molecule is CN1C(=O)c2cccc(OC(F)F)c2[C@H]2C[C@@H]1c1nc3ccc(-c4ccc(P5(=O)CCC(F)(F)C5)nc4)cc3n12. The van der Waals surface area contributed by atoms with Crippen molar-refractivity contribution in [2.24, 2.45) is 0 Å². The first-order valence-electron chi connectivity index (χ1n) is 12.8. The first-order valence-corrected chi connectivity index (χ1v) is 14.9. The summed E-state index contributed by atoms with van der Waals surface area (Å²) in [4.78, 5) is 24.0. The Bertz CT molecular complexity index is 1740. The third kappa shape index (κ3) is 3.78. The van der Waals surface area contributed by atoms with E-state index in [0.29, 0.717) is 34.5 Å². The summed E-state index contributed by atoms with van der Waals surface area (Å²) in [6.07, 6.45) is 0.884. The number of carbonyl (C=O) groups is 1. The second kappa shape index (κ2) is 8.64. The molecule has 3 aliphatic heterocycles. The van der Waals surface area contributed by atoms with E-state index in [4.69, 9.17) is 9.72 Å². The zero-order valence-corrected chi connectivity index (χ0v) is 22.1. The van der Waals surface area contributed by atoms with E-state index in [9.17, 15) is 26.9 Å². The van der Waals surface area contributed by atoms with E-state index in [0.717, 1.165) is 11.1 Å². The van der Waals surface area contributed by atoms with Crippen LogP contribution in [0.2, 0.25) is 0 Å². The first kappa shape index (κ1) is 25.3. The molecule has 3 atom stereocenters. The number of halogens is 4. The molecule has 1 fully saturated rings. The molecule has 3 aliphatic rings. The molecule has 12 heteroatoms. The third-order valence-corrected chi connectivity index (χ3v) is 11.2. The minimum Gasteiger partial charge on any atom is -0.434 e. The zero-order valence-electron chi connectivity index (χ0n) is 21.2. The highest BCUT2D eigenvalue weighted by atomic mass is 31.2. The summed E-state index contributed by atoms with van der Waals surface area (Å²) < 4.78 is 74.1. The number of pyridine rings is 1. The molecule has 7 rings (SSSR count). The number of fused-ring (bicyclic) bond motifs is 9. The molecule has 1 unspecified atom stereocenters. The van der Waals surface area contributed by atoms with Gasteiger partial charge in [-0.2, -0.15) is 8.78 Å². The lowest BCUT2D eigenvalue weighted by atomic mass is 9.97. The molecule has 1 amide bonds. The summed E-state index contributed by atoms with van der Waals surface area (Å²) in [5.41, 5.74) is 3.80. The van der Waals surface area contributed by atoms with Crippen LogP contribution in [0, 0.1) is 0 Å². The maximum atomic E-state index is 13.8. The summed E-state index contributed by atoms with van der Waals surface area (Å²) in [7, 11) is -1.56. The molecule has 40 heavy (non-hydrogen) atoms. The maximum Gasteiger partial charge on any atom is 0.387 e. The molecule has 4 aromatic rings. The number of imidazole rings is 1. The lowest BCUT2D eigenvalue weighted by Gasteiger charge is -2.24. The van der Waals surface area contributed by atoms with Gasteiger partial charge in [0.2, 0.25) is 0 Å². The number of carbonyl (C=O) groups excluding carboxylic acids is 1. The molecular formula is C28H23F4N4O3P. The number of benzene rings is 2. The van der Waals surface area contributed by atoms with Crippen molar-refractivity contribution >= 4 is 29.5 Å². The van der Waals surface area contributed by atoms with E-state index in [2.05, 4.69) is 4.98 Å². The van der Waals surface area contributed by atoms with Crippen molar-refractivity contribution < 1.29 is 31.7 Å². The normalized spacial score (nSPS) is 24.9. The van der Waals surface area contributed by atoms with Gasteiger partial charge in [0.1, 0.15) is 24.2 Å². The molecule has 0 spiro atoms. The first-order chi connectivity index (χ1) is 19.0. The van der Waals surface area contributed by atoms with Crippen LogP contribution in [0.25, 0.3) is 22.2 Å². The van der Waals surface area contributed by atoms with Crippen molar-refractivity contribution in [1.82, 2.24) is 19.4 Å². The second-order valence-electron chi connectivity index (χ2n) is 10.6. The van der Waals surface area contributed by atoms with Crippen LogP contribution in [0.15, 0.2) is 54.7 Å². The topological polar surface area (TPSA) is 77.3 Å². The molecule has 5 heterocycles. The molecule has 2 aromatic carbocycles. The summed E-state index contributed by atoms with van der Waals surface area (Å²) in [6, 6.07) is 12.6. The molecule has 2 aromatic heterocycles. The average molecular weight is 570 g/mol. The van der Waals surface area contributed by atoms with Crippen LogP contribution in [0.5, 0.6) is 5.75 Å². The molecule has 0 saturated carbocycles. The average Bonchev–Trinajstić information content (AvgIpc) is 3.54. The Morgan fingerprint density at radius 3 is 2.60 bits per heavy atom. The number of ether oxygens (including phenoxy) is 1. The van der Waals surface area contributed by atoms with Gasteiger partial charge in [-0.3, -0.25) is 9.78 Å². The minimum atomic E-state index is -3.24. The number of alkyl halides is 4. The molecule has 206 valence electrons. The molecule has 7 nitrogen and oxygen atoms in total. The van der Waals surface area contributed by atoms with Gasteiger partial charge < -0.3 is 18.8 Å². The summed E-state index contributed by atoms with van der Waals surface area (Å²) in [6.45, 7) is -3.05. The van der Waals surface area contributed by atoms with Gasteiger partial charge in [0.15, 0.2) is 0 Å². The number of hydrogen-bond donors (Lipinski definition) is 0.